The Morgan fingerprint density at radius 2 is 2.00 bits per heavy atom. The lowest BCUT2D eigenvalue weighted by Crippen LogP contribution is -2.31. The third-order valence-corrected chi connectivity index (χ3v) is 7.04. The van der Waals surface area contributed by atoms with Gasteiger partial charge in [0.1, 0.15) is 5.75 Å². The van der Waals surface area contributed by atoms with Gasteiger partial charge in [-0.05, 0) is 67.6 Å². The number of halogens is 2. The minimum absolute atomic E-state index is 0.0464. The number of benzene rings is 2. The van der Waals surface area contributed by atoms with Crippen LogP contribution in [0.5, 0.6) is 5.75 Å². The maximum atomic E-state index is 12.5. The zero-order valence-electron chi connectivity index (χ0n) is 16.5. The minimum atomic E-state index is -0.474. The van der Waals surface area contributed by atoms with Crippen molar-refractivity contribution in [3.8, 4) is 11.8 Å². The molecule has 1 aliphatic rings. The van der Waals surface area contributed by atoms with Crippen molar-refractivity contribution in [3.63, 3.8) is 0 Å². The van der Waals surface area contributed by atoms with Crippen LogP contribution in [0.4, 0.5) is 5.69 Å². The van der Waals surface area contributed by atoms with Gasteiger partial charge in [0.2, 0.25) is 11.8 Å². The molecule has 0 fully saturated rings. The van der Waals surface area contributed by atoms with E-state index in [2.05, 4.69) is 48.6 Å². The van der Waals surface area contributed by atoms with Gasteiger partial charge in [-0.3, -0.25) is 9.59 Å². The van der Waals surface area contributed by atoms with Crippen LogP contribution in [0.1, 0.15) is 30.4 Å². The summed E-state index contributed by atoms with van der Waals surface area (Å²) < 4.78 is 0.923. The van der Waals surface area contributed by atoms with Gasteiger partial charge >= 0.3 is 0 Å². The van der Waals surface area contributed by atoms with Crippen LogP contribution in [-0.4, -0.2) is 22.7 Å². The highest BCUT2D eigenvalue weighted by Crippen LogP contribution is 2.41. The quantitative estimate of drug-likeness (QED) is 0.448. The number of aromatic hydroxyl groups is 1. The number of nitrogens with one attached hydrogen (secondary N) is 2. The molecule has 0 spiro atoms. The molecule has 1 atom stereocenters. The van der Waals surface area contributed by atoms with E-state index in [1.807, 2.05) is 31.2 Å². The Morgan fingerprint density at radius 3 is 2.65 bits per heavy atom. The van der Waals surface area contributed by atoms with Gasteiger partial charge in [0.25, 0.3) is 0 Å². The van der Waals surface area contributed by atoms with Crippen LogP contribution in [0.3, 0.4) is 0 Å². The average molecular weight is 565 g/mol. The summed E-state index contributed by atoms with van der Waals surface area (Å²) in [5.41, 5.74) is 2.89. The molecule has 0 bridgehead atoms. The van der Waals surface area contributed by atoms with E-state index in [1.165, 1.54) is 0 Å². The third-order valence-electron chi connectivity index (χ3n) is 4.82. The second-order valence-corrected chi connectivity index (χ2v) is 9.53. The van der Waals surface area contributed by atoms with Crippen molar-refractivity contribution >= 4 is 61.1 Å². The van der Waals surface area contributed by atoms with Crippen molar-refractivity contribution < 1.29 is 14.7 Å². The standard InChI is InChI=1S/C22H19Br2N3O3S/c1-2-12-5-3-4-6-18(12)26-20(29)11-31-22-15(10-25)14(9-19(28)27-22)13-7-16(23)21(30)17(24)8-13/h3-8,14,30H,2,9,11H2,1H3,(H,26,29)(H,27,28)/t14-/m0/s1. The molecule has 160 valence electrons. The van der Waals surface area contributed by atoms with Crippen LogP contribution in [0, 0.1) is 11.3 Å². The fraction of sp³-hybridized carbons (Fsp3) is 0.227. The number of hydrogen-bond acceptors (Lipinski definition) is 5. The molecule has 0 saturated heterocycles. The van der Waals surface area contributed by atoms with Gasteiger partial charge in [0, 0.05) is 18.0 Å². The summed E-state index contributed by atoms with van der Waals surface area (Å²) >= 11 is 7.71. The van der Waals surface area contributed by atoms with Gasteiger partial charge in [0.15, 0.2) is 0 Å². The van der Waals surface area contributed by atoms with E-state index in [1.54, 1.807) is 12.1 Å². The van der Waals surface area contributed by atoms with Crippen LogP contribution >= 0.6 is 43.6 Å². The van der Waals surface area contributed by atoms with Crippen LogP contribution in [0.2, 0.25) is 0 Å². The highest BCUT2D eigenvalue weighted by atomic mass is 79.9. The number of nitrogens with zero attached hydrogens (tertiary/aromatic N) is 1. The van der Waals surface area contributed by atoms with E-state index in [0.29, 0.717) is 25.1 Å². The average Bonchev–Trinajstić information content (AvgIpc) is 2.75. The number of carbonyl (C=O) groups excluding carboxylic acids is 2. The van der Waals surface area contributed by atoms with Gasteiger partial charge in [-0.2, -0.15) is 5.26 Å². The number of anilines is 1. The first-order chi connectivity index (χ1) is 14.8. The number of amides is 2. The summed E-state index contributed by atoms with van der Waals surface area (Å²) in [6.07, 6.45) is 0.898. The third kappa shape index (κ3) is 5.50. The monoisotopic (exact) mass is 563 g/mol. The van der Waals surface area contributed by atoms with Crippen LogP contribution in [0.25, 0.3) is 0 Å². The van der Waals surface area contributed by atoms with Crippen molar-refractivity contribution in [3.05, 3.63) is 67.1 Å². The summed E-state index contributed by atoms with van der Waals surface area (Å²) in [7, 11) is 0. The van der Waals surface area contributed by atoms with Gasteiger partial charge in [-0.1, -0.05) is 36.9 Å². The Hall–Kier alpha value is -2.28. The molecule has 0 radical (unpaired) electrons. The minimum Gasteiger partial charge on any atom is -0.506 e. The summed E-state index contributed by atoms with van der Waals surface area (Å²) in [4.78, 5) is 24.8. The topological polar surface area (TPSA) is 102 Å². The Morgan fingerprint density at radius 1 is 1.32 bits per heavy atom. The summed E-state index contributed by atoms with van der Waals surface area (Å²) in [5.74, 6) is -0.830. The van der Waals surface area contributed by atoms with Gasteiger partial charge < -0.3 is 15.7 Å². The molecule has 9 heteroatoms. The van der Waals surface area contributed by atoms with Crippen molar-refractivity contribution in [2.75, 3.05) is 11.1 Å². The molecule has 31 heavy (non-hydrogen) atoms. The van der Waals surface area contributed by atoms with Crippen LogP contribution in [0.15, 0.2) is 55.9 Å². The molecule has 3 rings (SSSR count). The van der Waals surface area contributed by atoms with Gasteiger partial charge in [-0.15, -0.1) is 0 Å². The first-order valence-electron chi connectivity index (χ1n) is 9.46. The predicted octanol–water partition coefficient (Wildman–Crippen LogP) is 5.19. The van der Waals surface area contributed by atoms with E-state index in [-0.39, 0.29) is 29.7 Å². The molecule has 0 aliphatic carbocycles. The molecule has 0 aromatic heterocycles. The zero-order chi connectivity index (χ0) is 22.5. The normalized spacial score (nSPS) is 15.9. The lowest BCUT2D eigenvalue weighted by Gasteiger charge is -2.25. The van der Waals surface area contributed by atoms with Crippen molar-refractivity contribution in [1.82, 2.24) is 5.32 Å². The number of nitriles is 1. The number of aryl methyl sites for hydroxylation is 1. The Balaban J connectivity index is 1.81. The van der Waals surface area contributed by atoms with Crippen LogP contribution < -0.4 is 10.6 Å². The van der Waals surface area contributed by atoms with E-state index < -0.39 is 5.92 Å². The fourth-order valence-corrected chi connectivity index (χ4v) is 5.38. The summed E-state index contributed by atoms with van der Waals surface area (Å²) in [6.45, 7) is 2.02. The lowest BCUT2D eigenvalue weighted by molar-refractivity contribution is -0.121. The molecule has 0 saturated carbocycles. The number of phenolic OH excluding ortho intramolecular Hbond substituents is 1. The summed E-state index contributed by atoms with van der Waals surface area (Å²) in [6, 6.07) is 13.2. The smallest absolute Gasteiger partial charge is 0.234 e. The second-order valence-electron chi connectivity index (χ2n) is 6.84. The Kier molecular flexibility index (Phi) is 7.81. The summed E-state index contributed by atoms with van der Waals surface area (Å²) in [5, 5.41) is 25.8. The highest BCUT2D eigenvalue weighted by molar-refractivity contribution is 9.11. The zero-order valence-corrected chi connectivity index (χ0v) is 20.5. The van der Waals surface area contributed by atoms with Crippen molar-refractivity contribution in [1.29, 1.82) is 5.26 Å². The molecule has 1 heterocycles. The molecule has 2 aromatic rings. The number of phenols is 1. The molecule has 6 nitrogen and oxygen atoms in total. The lowest BCUT2D eigenvalue weighted by atomic mass is 9.87. The number of thioether (sulfide) groups is 1. The highest BCUT2D eigenvalue weighted by Gasteiger charge is 2.30. The molecular weight excluding hydrogens is 546 g/mol. The van der Waals surface area contributed by atoms with Gasteiger partial charge in [0.05, 0.1) is 31.4 Å². The van der Waals surface area contributed by atoms with Gasteiger partial charge in [-0.25, -0.2) is 0 Å². The van der Waals surface area contributed by atoms with E-state index in [9.17, 15) is 20.0 Å². The predicted molar refractivity (Wildman–Crippen MR) is 129 cm³/mol. The molecule has 1 aliphatic heterocycles. The molecule has 2 aromatic carbocycles. The van der Waals surface area contributed by atoms with Crippen molar-refractivity contribution in [2.24, 2.45) is 0 Å². The van der Waals surface area contributed by atoms with Crippen molar-refractivity contribution in [2.45, 2.75) is 25.7 Å². The molecule has 2 amide bonds. The first kappa shape index (κ1) is 23.4. The number of carbonyl (C=O) groups is 2. The maximum absolute atomic E-state index is 12.5. The number of rotatable bonds is 6. The fourth-order valence-electron chi connectivity index (χ4n) is 3.28. The number of para-hydroxylation sites is 1. The molecule has 0 unspecified atom stereocenters. The molecule has 3 N–H and O–H groups in total. The Bertz CT molecular complexity index is 1090. The Labute approximate surface area is 201 Å². The number of hydrogen-bond donors (Lipinski definition) is 3. The SMILES string of the molecule is CCc1ccccc1NC(=O)CSC1=C(C#N)[C@H](c2cc(Br)c(O)c(Br)c2)CC(=O)N1. The van der Waals surface area contributed by atoms with E-state index >= 15 is 0 Å². The second kappa shape index (κ2) is 10.4. The van der Waals surface area contributed by atoms with Crippen LogP contribution in [-0.2, 0) is 16.0 Å². The first-order valence-corrected chi connectivity index (χ1v) is 12.0. The van der Waals surface area contributed by atoms with E-state index in [4.69, 9.17) is 0 Å². The molecular formula is C22H19Br2N3O3S. The van der Waals surface area contributed by atoms with E-state index in [0.717, 1.165) is 29.4 Å². The largest absolute Gasteiger partial charge is 0.506 e. The maximum Gasteiger partial charge on any atom is 0.234 e. The number of allylic oxidation sites excluding steroid dienone is 1.